The molecule has 78 valence electrons. The van der Waals surface area contributed by atoms with Crippen molar-refractivity contribution >= 4 is 11.3 Å². The smallest absolute Gasteiger partial charge is 0.138 e. The van der Waals surface area contributed by atoms with Crippen molar-refractivity contribution in [1.29, 1.82) is 0 Å². The third-order valence-electron chi connectivity index (χ3n) is 2.50. The third-order valence-corrected chi connectivity index (χ3v) is 3.49. The lowest BCUT2D eigenvalue weighted by molar-refractivity contribution is 0.224. The second-order valence-electron chi connectivity index (χ2n) is 4.16. The van der Waals surface area contributed by atoms with Gasteiger partial charge in [-0.3, -0.25) is 0 Å². The van der Waals surface area contributed by atoms with E-state index in [2.05, 4.69) is 31.5 Å². The average molecular weight is 211 g/mol. The maximum absolute atomic E-state index is 5.94. The summed E-state index contributed by atoms with van der Waals surface area (Å²) in [6, 6.07) is 0. The number of ether oxygens (including phenoxy) is 1. The molecule has 1 atom stereocenters. The molecule has 0 amide bonds. The maximum atomic E-state index is 5.94. The lowest BCUT2D eigenvalue weighted by atomic mass is 10.1. The van der Waals surface area contributed by atoms with Crippen molar-refractivity contribution in [3.63, 3.8) is 0 Å². The molecular weight excluding hydrogens is 194 g/mol. The van der Waals surface area contributed by atoms with Gasteiger partial charge in [-0.2, -0.15) is 0 Å². The summed E-state index contributed by atoms with van der Waals surface area (Å²) in [5.74, 6) is 1.70. The Hall–Kier alpha value is -0.540. The molecule has 2 heterocycles. The van der Waals surface area contributed by atoms with E-state index in [1.807, 2.05) is 11.3 Å². The molecule has 2 nitrogen and oxygen atoms in total. The molecule has 0 radical (unpaired) electrons. The van der Waals surface area contributed by atoms with Crippen LogP contribution in [0.4, 0.5) is 0 Å². The first kappa shape index (κ1) is 9.99. The molecular formula is C11H17NOS. The van der Waals surface area contributed by atoms with Crippen LogP contribution in [-0.4, -0.2) is 12.6 Å². The summed E-state index contributed by atoms with van der Waals surface area (Å²) < 4.78 is 5.94. The average Bonchev–Trinajstić information content (AvgIpc) is 2.41. The van der Waals surface area contributed by atoms with Crippen molar-refractivity contribution in [2.75, 3.05) is 6.54 Å². The zero-order chi connectivity index (χ0) is 10.1. The minimum atomic E-state index is 0.281. The maximum Gasteiger partial charge on any atom is 0.138 e. The summed E-state index contributed by atoms with van der Waals surface area (Å²) in [7, 11) is 0. The van der Waals surface area contributed by atoms with Crippen molar-refractivity contribution in [2.45, 2.75) is 39.3 Å². The highest BCUT2D eigenvalue weighted by atomic mass is 32.1. The molecule has 3 heteroatoms. The quantitative estimate of drug-likeness (QED) is 0.771. The molecule has 0 aromatic carbocycles. The molecule has 14 heavy (non-hydrogen) atoms. The molecule has 1 aliphatic rings. The van der Waals surface area contributed by atoms with E-state index in [0.29, 0.717) is 5.92 Å². The molecule has 0 fully saturated rings. The first-order valence-corrected chi connectivity index (χ1v) is 6.04. The second-order valence-corrected chi connectivity index (χ2v) is 5.12. The Bertz CT molecular complexity index is 319. The lowest BCUT2D eigenvalue weighted by Crippen LogP contribution is -2.25. The van der Waals surface area contributed by atoms with Gasteiger partial charge >= 0.3 is 0 Å². The van der Waals surface area contributed by atoms with Crippen LogP contribution in [0.5, 0.6) is 5.75 Å². The Labute approximate surface area is 89.3 Å². The zero-order valence-corrected chi connectivity index (χ0v) is 9.78. The largest absolute Gasteiger partial charge is 0.488 e. The summed E-state index contributed by atoms with van der Waals surface area (Å²) in [5, 5.41) is 5.62. The first-order chi connectivity index (χ1) is 6.68. The standard InChI is InChI=1S/C11H17NOS/c1-7(2)9-6-14-10-5-12-4-8(3)13-11(9)10/h6-8,12H,4-5H2,1-3H3/t8-/m0/s1. The van der Waals surface area contributed by atoms with Crippen LogP contribution in [0.15, 0.2) is 5.38 Å². The van der Waals surface area contributed by atoms with Crippen LogP contribution in [0.2, 0.25) is 0 Å². The van der Waals surface area contributed by atoms with E-state index in [0.717, 1.165) is 18.8 Å². The van der Waals surface area contributed by atoms with E-state index in [1.54, 1.807) is 0 Å². The third kappa shape index (κ3) is 1.79. The zero-order valence-electron chi connectivity index (χ0n) is 8.96. The fourth-order valence-electron chi connectivity index (χ4n) is 1.69. The summed E-state index contributed by atoms with van der Waals surface area (Å²) in [6.07, 6.45) is 0.281. The highest BCUT2D eigenvalue weighted by Crippen LogP contribution is 2.37. The minimum absolute atomic E-state index is 0.281. The molecule has 2 rings (SSSR count). The molecule has 0 aliphatic carbocycles. The Morgan fingerprint density at radius 2 is 2.36 bits per heavy atom. The van der Waals surface area contributed by atoms with Gasteiger partial charge in [0.15, 0.2) is 0 Å². The molecule has 1 aliphatic heterocycles. The normalized spacial score (nSPS) is 21.6. The highest BCUT2D eigenvalue weighted by Gasteiger charge is 2.20. The van der Waals surface area contributed by atoms with Gasteiger partial charge in [0.2, 0.25) is 0 Å². The Kier molecular flexibility index (Phi) is 2.79. The van der Waals surface area contributed by atoms with Gasteiger partial charge in [0.05, 0.1) is 4.88 Å². The lowest BCUT2D eigenvalue weighted by Gasteiger charge is -2.13. The second kappa shape index (κ2) is 3.91. The van der Waals surface area contributed by atoms with Gasteiger partial charge in [0, 0.05) is 18.7 Å². The van der Waals surface area contributed by atoms with E-state index in [4.69, 9.17) is 4.74 Å². The SMILES string of the molecule is CC(C)c1csc2c1O[C@@H](C)CNC2. The van der Waals surface area contributed by atoms with Crippen LogP contribution >= 0.6 is 11.3 Å². The number of nitrogens with one attached hydrogen (secondary N) is 1. The van der Waals surface area contributed by atoms with Crippen molar-refractivity contribution in [1.82, 2.24) is 5.32 Å². The monoisotopic (exact) mass is 211 g/mol. The van der Waals surface area contributed by atoms with E-state index in [9.17, 15) is 0 Å². The van der Waals surface area contributed by atoms with Crippen LogP contribution in [0, 0.1) is 0 Å². The predicted molar refractivity (Wildman–Crippen MR) is 60.2 cm³/mol. The van der Waals surface area contributed by atoms with E-state index in [1.165, 1.54) is 10.4 Å². The van der Waals surface area contributed by atoms with Gasteiger partial charge in [0.1, 0.15) is 11.9 Å². The fraction of sp³-hybridized carbons (Fsp3) is 0.636. The van der Waals surface area contributed by atoms with Crippen molar-refractivity contribution in [3.8, 4) is 5.75 Å². The van der Waals surface area contributed by atoms with Gasteiger partial charge in [0.25, 0.3) is 0 Å². The Morgan fingerprint density at radius 3 is 3.07 bits per heavy atom. The van der Waals surface area contributed by atoms with Crippen molar-refractivity contribution in [3.05, 3.63) is 15.8 Å². The minimum Gasteiger partial charge on any atom is -0.488 e. The van der Waals surface area contributed by atoms with Crippen LogP contribution in [0.1, 0.15) is 37.1 Å². The van der Waals surface area contributed by atoms with Gasteiger partial charge in [-0.05, 0) is 18.2 Å². The van der Waals surface area contributed by atoms with Crippen molar-refractivity contribution in [2.24, 2.45) is 0 Å². The van der Waals surface area contributed by atoms with Crippen LogP contribution < -0.4 is 10.1 Å². The molecule has 1 aromatic rings. The number of rotatable bonds is 1. The molecule has 1 aromatic heterocycles. The van der Waals surface area contributed by atoms with E-state index in [-0.39, 0.29) is 6.10 Å². The Morgan fingerprint density at radius 1 is 1.57 bits per heavy atom. The first-order valence-electron chi connectivity index (χ1n) is 5.16. The van der Waals surface area contributed by atoms with Crippen molar-refractivity contribution < 1.29 is 4.74 Å². The predicted octanol–water partition coefficient (Wildman–Crippen LogP) is 2.74. The highest BCUT2D eigenvalue weighted by molar-refractivity contribution is 7.10. The molecule has 0 saturated carbocycles. The molecule has 0 bridgehead atoms. The molecule has 0 unspecified atom stereocenters. The summed E-state index contributed by atoms with van der Waals surface area (Å²) >= 11 is 1.81. The Balaban J connectivity index is 2.34. The van der Waals surface area contributed by atoms with Gasteiger partial charge in [-0.15, -0.1) is 11.3 Å². The molecule has 0 spiro atoms. The number of hydrogen-bond donors (Lipinski definition) is 1. The molecule has 1 N–H and O–H groups in total. The van der Waals surface area contributed by atoms with Gasteiger partial charge in [-0.1, -0.05) is 13.8 Å². The molecule has 0 saturated heterocycles. The summed E-state index contributed by atoms with van der Waals surface area (Å²) in [5.41, 5.74) is 1.36. The van der Waals surface area contributed by atoms with Crippen LogP contribution in [0.3, 0.4) is 0 Å². The summed E-state index contributed by atoms with van der Waals surface area (Å²) in [6.45, 7) is 8.45. The number of fused-ring (bicyclic) bond motifs is 1. The number of hydrogen-bond acceptors (Lipinski definition) is 3. The van der Waals surface area contributed by atoms with E-state index >= 15 is 0 Å². The fourth-order valence-corrected chi connectivity index (χ4v) is 2.80. The van der Waals surface area contributed by atoms with Crippen LogP contribution in [-0.2, 0) is 6.54 Å². The van der Waals surface area contributed by atoms with Gasteiger partial charge in [-0.25, -0.2) is 0 Å². The van der Waals surface area contributed by atoms with Gasteiger partial charge < -0.3 is 10.1 Å². The topological polar surface area (TPSA) is 21.3 Å². The summed E-state index contributed by atoms with van der Waals surface area (Å²) in [4.78, 5) is 1.35. The number of thiophene rings is 1. The van der Waals surface area contributed by atoms with Crippen LogP contribution in [0.25, 0.3) is 0 Å². The van der Waals surface area contributed by atoms with E-state index < -0.39 is 0 Å².